The molecule has 2 aromatic carbocycles. The monoisotopic (exact) mass is 371 g/mol. The van der Waals surface area contributed by atoms with Gasteiger partial charge in [0, 0.05) is 43.6 Å². The van der Waals surface area contributed by atoms with Crippen LogP contribution in [0.4, 0.5) is 11.4 Å². The maximum Gasteiger partial charge on any atom is 0.231 e. The Hall–Kier alpha value is -2.67. The van der Waals surface area contributed by atoms with E-state index in [2.05, 4.69) is 21.2 Å². The summed E-state index contributed by atoms with van der Waals surface area (Å²) in [4.78, 5) is 4.54. The van der Waals surface area contributed by atoms with Crippen LogP contribution in [-0.2, 0) is 0 Å². The van der Waals surface area contributed by atoms with Gasteiger partial charge in [0.2, 0.25) is 6.79 Å². The summed E-state index contributed by atoms with van der Waals surface area (Å²) in [5.74, 6) is 2.47. The number of rotatable bonds is 3. The molecule has 2 aliphatic heterocycles. The summed E-state index contributed by atoms with van der Waals surface area (Å²) in [5, 5.41) is 4.05. The molecule has 2 aliphatic rings. The normalized spacial score (nSPS) is 15.7. The number of ether oxygens (including phenoxy) is 3. The van der Waals surface area contributed by atoms with Gasteiger partial charge in [-0.1, -0.05) is 0 Å². The van der Waals surface area contributed by atoms with Crippen LogP contribution in [-0.4, -0.2) is 50.1 Å². The lowest BCUT2D eigenvalue weighted by Crippen LogP contribution is -2.50. The third kappa shape index (κ3) is 3.48. The Morgan fingerprint density at radius 3 is 2.46 bits per heavy atom. The molecule has 1 fully saturated rings. The maximum absolute atomic E-state index is 5.57. The predicted octanol–water partition coefficient (Wildman–Crippen LogP) is 2.94. The number of thiocarbonyl (C=S) groups is 1. The van der Waals surface area contributed by atoms with Gasteiger partial charge in [-0.2, -0.15) is 0 Å². The fourth-order valence-corrected chi connectivity index (χ4v) is 3.43. The molecule has 7 heteroatoms. The lowest BCUT2D eigenvalue weighted by atomic mass is 10.2. The van der Waals surface area contributed by atoms with Gasteiger partial charge in [0.25, 0.3) is 0 Å². The van der Waals surface area contributed by atoms with Crippen molar-refractivity contribution in [3.8, 4) is 17.2 Å². The van der Waals surface area contributed by atoms with Crippen molar-refractivity contribution in [3.63, 3.8) is 0 Å². The van der Waals surface area contributed by atoms with Gasteiger partial charge < -0.3 is 29.3 Å². The number of hydrogen-bond acceptors (Lipinski definition) is 5. The molecule has 0 unspecified atom stereocenters. The van der Waals surface area contributed by atoms with Crippen molar-refractivity contribution in [3.05, 3.63) is 42.5 Å². The van der Waals surface area contributed by atoms with Crippen molar-refractivity contribution in [2.24, 2.45) is 0 Å². The summed E-state index contributed by atoms with van der Waals surface area (Å²) >= 11 is 5.57. The molecule has 4 rings (SSSR count). The van der Waals surface area contributed by atoms with Gasteiger partial charge >= 0.3 is 0 Å². The minimum atomic E-state index is 0.303. The topological polar surface area (TPSA) is 46.2 Å². The molecule has 1 saturated heterocycles. The SMILES string of the molecule is COc1ccc(NC(=S)N2CCN(c3ccc4c(c3)OCO4)CC2)cc1. The molecule has 0 aliphatic carbocycles. The fourth-order valence-electron chi connectivity index (χ4n) is 3.13. The second kappa shape index (κ2) is 7.29. The Kier molecular flexibility index (Phi) is 4.71. The van der Waals surface area contributed by atoms with Crippen molar-refractivity contribution in [2.45, 2.75) is 0 Å². The van der Waals surface area contributed by atoms with Crippen molar-refractivity contribution in [2.75, 3.05) is 50.3 Å². The molecule has 6 nitrogen and oxygen atoms in total. The second-order valence-corrected chi connectivity index (χ2v) is 6.56. The van der Waals surface area contributed by atoms with Crippen LogP contribution in [0.2, 0.25) is 0 Å². The molecule has 0 aromatic heterocycles. The molecule has 2 aromatic rings. The average Bonchev–Trinajstić information content (AvgIpc) is 3.16. The van der Waals surface area contributed by atoms with Crippen LogP contribution in [0.15, 0.2) is 42.5 Å². The molecule has 26 heavy (non-hydrogen) atoms. The van der Waals surface area contributed by atoms with E-state index >= 15 is 0 Å². The summed E-state index contributed by atoms with van der Waals surface area (Å²) < 4.78 is 16.0. The maximum atomic E-state index is 5.57. The zero-order valence-corrected chi connectivity index (χ0v) is 15.4. The molecule has 0 amide bonds. The van der Waals surface area contributed by atoms with Gasteiger partial charge in [-0.15, -0.1) is 0 Å². The molecule has 136 valence electrons. The lowest BCUT2D eigenvalue weighted by molar-refractivity contribution is 0.174. The highest BCUT2D eigenvalue weighted by atomic mass is 32.1. The van der Waals surface area contributed by atoms with Gasteiger partial charge in [0.05, 0.1) is 7.11 Å². The Balaban J connectivity index is 1.33. The van der Waals surface area contributed by atoms with Gasteiger partial charge in [0.1, 0.15) is 5.75 Å². The first-order chi connectivity index (χ1) is 12.7. The minimum Gasteiger partial charge on any atom is -0.497 e. The molecule has 0 radical (unpaired) electrons. The number of nitrogens with one attached hydrogen (secondary N) is 1. The van der Waals surface area contributed by atoms with Gasteiger partial charge in [-0.3, -0.25) is 0 Å². The number of fused-ring (bicyclic) bond motifs is 1. The van der Waals surface area contributed by atoms with E-state index < -0.39 is 0 Å². The quantitative estimate of drug-likeness (QED) is 0.833. The largest absolute Gasteiger partial charge is 0.497 e. The summed E-state index contributed by atoms with van der Waals surface area (Å²) in [7, 11) is 1.66. The summed E-state index contributed by atoms with van der Waals surface area (Å²) in [5.41, 5.74) is 2.12. The molecule has 0 bridgehead atoms. The number of piperazine rings is 1. The van der Waals surface area contributed by atoms with E-state index in [-0.39, 0.29) is 0 Å². The van der Waals surface area contributed by atoms with Gasteiger partial charge in [-0.05, 0) is 48.6 Å². The number of hydrogen-bond donors (Lipinski definition) is 1. The molecule has 0 spiro atoms. The minimum absolute atomic E-state index is 0.303. The van der Waals surface area contributed by atoms with Crippen LogP contribution in [0.3, 0.4) is 0 Å². The van der Waals surface area contributed by atoms with E-state index in [1.807, 2.05) is 36.4 Å². The molecular weight excluding hydrogens is 350 g/mol. The van der Waals surface area contributed by atoms with Crippen LogP contribution in [0.5, 0.6) is 17.2 Å². The zero-order valence-electron chi connectivity index (χ0n) is 14.6. The van der Waals surface area contributed by atoms with Crippen LogP contribution in [0, 0.1) is 0 Å². The third-order valence-corrected chi connectivity index (χ3v) is 4.99. The van der Waals surface area contributed by atoms with Crippen molar-refractivity contribution in [1.29, 1.82) is 0 Å². The van der Waals surface area contributed by atoms with Crippen LogP contribution in [0.1, 0.15) is 0 Å². The zero-order chi connectivity index (χ0) is 17.9. The first kappa shape index (κ1) is 16.8. The van der Waals surface area contributed by atoms with Crippen LogP contribution < -0.4 is 24.4 Å². The highest BCUT2D eigenvalue weighted by Gasteiger charge is 2.21. The van der Waals surface area contributed by atoms with E-state index in [4.69, 9.17) is 26.4 Å². The van der Waals surface area contributed by atoms with Crippen LogP contribution in [0.25, 0.3) is 0 Å². The Morgan fingerprint density at radius 2 is 1.73 bits per heavy atom. The van der Waals surface area contributed by atoms with Crippen molar-refractivity contribution < 1.29 is 14.2 Å². The van der Waals surface area contributed by atoms with E-state index in [0.717, 1.165) is 59.9 Å². The average molecular weight is 371 g/mol. The molecule has 0 atom stereocenters. The highest BCUT2D eigenvalue weighted by molar-refractivity contribution is 7.80. The number of benzene rings is 2. The fraction of sp³-hybridized carbons (Fsp3) is 0.316. The smallest absolute Gasteiger partial charge is 0.231 e. The number of methoxy groups -OCH3 is 1. The highest BCUT2D eigenvalue weighted by Crippen LogP contribution is 2.35. The van der Waals surface area contributed by atoms with Crippen LogP contribution >= 0.6 is 12.2 Å². The van der Waals surface area contributed by atoms with Crippen molar-refractivity contribution >= 4 is 28.7 Å². The molecule has 1 N–H and O–H groups in total. The molecule has 0 saturated carbocycles. The van der Waals surface area contributed by atoms with E-state index in [0.29, 0.717) is 6.79 Å². The molecule has 2 heterocycles. The molecular formula is C19H21N3O3S. The van der Waals surface area contributed by atoms with E-state index in [1.165, 1.54) is 0 Å². The van der Waals surface area contributed by atoms with Crippen molar-refractivity contribution in [1.82, 2.24) is 4.90 Å². The first-order valence-corrected chi connectivity index (χ1v) is 8.98. The number of anilines is 2. The first-order valence-electron chi connectivity index (χ1n) is 8.57. The second-order valence-electron chi connectivity index (χ2n) is 6.17. The Labute approximate surface area is 158 Å². The van der Waals surface area contributed by atoms with Gasteiger partial charge in [-0.25, -0.2) is 0 Å². The predicted molar refractivity (Wildman–Crippen MR) is 106 cm³/mol. The standard InChI is InChI=1S/C19H21N3O3S/c1-23-16-5-2-14(3-6-16)20-19(26)22-10-8-21(9-11-22)15-4-7-17-18(12-15)25-13-24-17/h2-7,12H,8-11,13H2,1H3,(H,20,26). The van der Waals surface area contributed by atoms with E-state index in [1.54, 1.807) is 7.11 Å². The third-order valence-electron chi connectivity index (χ3n) is 4.63. The van der Waals surface area contributed by atoms with E-state index in [9.17, 15) is 0 Å². The Morgan fingerprint density at radius 1 is 1.00 bits per heavy atom. The summed E-state index contributed by atoms with van der Waals surface area (Å²) in [6.45, 7) is 3.86. The summed E-state index contributed by atoms with van der Waals surface area (Å²) in [6.07, 6.45) is 0. The summed E-state index contributed by atoms with van der Waals surface area (Å²) in [6, 6.07) is 13.9. The number of nitrogens with zero attached hydrogens (tertiary/aromatic N) is 2. The Bertz CT molecular complexity index is 789. The lowest BCUT2D eigenvalue weighted by Gasteiger charge is -2.37. The van der Waals surface area contributed by atoms with Gasteiger partial charge in [0.15, 0.2) is 16.6 Å².